The number of nitrogens with zero attached hydrogens (tertiary/aromatic N) is 4. The van der Waals surface area contributed by atoms with Crippen LogP contribution in [0.1, 0.15) is 16.8 Å². The summed E-state index contributed by atoms with van der Waals surface area (Å²) in [5.41, 5.74) is 8.90. The predicted octanol–water partition coefficient (Wildman–Crippen LogP) is 0.618. The summed E-state index contributed by atoms with van der Waals surface area (Å²) in [5, 5.41) is 3.45. The third-order valence-electron chi connectivity index (χ3n) is 3.48. The van der Waals surface area contributed by atoms with Crippen molar-refractivity contribution in [2.24, 2.45) is 16.7 Å². The van der Waals surface area contributed by atoms with Gasteiger partial charge in [0.1, 0.15) is 11.5 Å². The number of benzene rings is 1. The molecule has 0 bridgehead atoms. The van der Waals surface area contributed by atoms with Crippen molar-refractivity contribution in [1.29, 1.82) is 0 Å². The molecule has 1 aliphatic rings. The third-order valence-corrected chi connectivity index (χ3v) is 3.48. The van der Waals surface area contributed by atoms with Crippen LogP contribution in [0.5, 0.6) is 0 Å². The van der Waals surface area contributed by atoms with Crippen molar-refractivity contribution in [2.75, 3.05) is 11.4 Å². The molecule has 102 valence electrons. The van der Waals surface area contributed by atoms with Gasteiger partial charge in [0.15, 0.2) is 5.84 Å². The van der Waals surface area contributed by atoms with Gasteiger partial charge in [-0.05, 0) is 17.5 Å². The van der Waals surface area contributed by atoms with Crippen LogP contribution in [0.4, 0.5) is 5.82 Å². The number of fused-ring (bicyclic) bond motifs is 1. The van der Waals surface area contributed by atoms with Crippen molar-refractivity contribution < 1.29 is 0 Å². The second-order valence-electron chi connectivity index (χ2n) is 4.72. The lowest BCUT2D eigenvalue weighted by Crippen LogP contribution is -2.31. The first kappa shape index (κ1) is 12.4. The van der Waals surface area contributed by atoms with Crippen molar-refractivity contribution in [3.63, 3.8) is 0 Å². The molecular formula is C14H16N6. The van der Waals surface area contributed by atoms with Crippen LogP contribution in [-0.2, 0) is 13.0 Å². The molecule has 0 amide bonds. The number of hydrogen-bond acceptors (Lipinski definition) is 5. The van der Waals surface area contributed by atoms with E-state index in [4.69, 9.17) is 11.6 Å². The van der Waals surface area contributed by atoms with Crippen LogP contribution < -0.4 is 16.5 Å². The minimum absolute atomic E-state index is 0.191. The van der Waals surface area contributed by atoms with Gasteiger partial charge in [0.2, 0.25) is 0 Å². The van der Waals surface area contributed by atoms with Crippen LogP contribution in [0.25, 0.3) is 0 Å². The van der Waals surface area contributed by atoms with E-state index >= 15 is 0 Å². The number of rotatable bonds is 2. The standard InChI is InChI=1S/C14H16N6/c15-14(19-16)12-7-17-8-13(18-12)20-6-5-10-3-1-2-4-11(10)9-20/h1-4,7-8H,5-6,9,16H2,(H2,15,19). The quantitative estimate of drug-likeness (QED) is 0.360. The van der Waals surface area contributed by atoms with Gasteiger partial charge in [0, 0.05) is 13.1 Å². The summed E-state index contributed by atoms with van der Waals surface area (Å²) in [7, 11) is 0. The average Bonchev–Trinajstić information content (AvgIpc) is 2.53. The maximum absolute atomic E-state index is 5.67. The lowest BCUT2D eigenvalue weighted by Gasteiger charge is -2.29. The highest BCUT2D eigenvalue weighted by molar-refractivity contribution is 5.95. The Bertz CT molecular complexity index is 652. The van der Waals surface area contributed by atoms with E-state index in [0.717, 1.165) is 25.3 Å². The summed E-state index contributed by atoms with van der Waals surface area (Å²) in [5.74, 6) is 6.16. The molecule has 1 aromatic carbocycles. The van der Waals surface area contributed by atoms with Crippen molar-refractivity contribution >= 4 is 11.7 Å². The number of aromatic nitrogens is 2. The van der Waals surface area contributed by atoms with Gasteiger partial charge in [0.25, 0.3) is 0 Å². The lowest BCUT2D eigenvalue weighted by atomic mass is 10.00. The van der Waals surface area contributed by atoms with Gasteiger partial charge in [-0.25, -0.2) is 4.98 Å². The highest BCUT2D eigenvalue weighted by Crippen LogP contribution is 2.22. The van der Waals surface area contributed by atoms with Gasteiger partial charge in [-0.1, -0.05) is 24.3 Å². The van der Waals surface area contributed by atoms with E-state index < -0.39 is 0 Å². The first-order chi connectivity index (χ1) is 9.78. The Morgan fingerprint density at radius 1 is 1.20 bits per heavy atom. The van der Waals surface area contributed by atoms with E-state index in [1.54, 1.807) is 12.4 Å². The molecule has 2 aromatic rings. The van der Waals surface area contributed by atoms with Gasteiger partial charge in [0.05, 0.1) is 12.4 Å². The molecule has 0 unspecified atom stereocenters. The van der Waals surface area contributed by atoms with E-state index in [0.29, 0.717) is 5.69 Å². The third kappa shape index (κ3) is 2.27. The van der Waals surface area contributed by atoms with Gasteiger partial charge in [-0.3, -0.25) is 4.98 Å². The Kier molecular flexibility index (Phi) is 3.20. The lowest BCUT2D eigenvalue weighted by molar-refractivity contribution is 0.718. The van der Waals surface area contributed by atoms with E-state index in [1.165, 1.54) is 11.1 Å². The maximum Gasteiger partial charge on any atom is 0.170 e. The van der Waals surface area contributed by atoms with E-state index in [1.807, 2.05) is 0 Å². The molecule has 0 spiro atoms. The molecular weight excluding hydrogens is 252 g/mol. The molecule has 3 rings (SSSR count). The normalized spacial score (nSPS) is 15.0. The molecule has 6 heteroatoms. The van der Waals surface area contributed by atoms with Crippen molar-refractivity contribution in [1.82, 2.24) is 9.97 Å². The zero-order valence-electron chi connectivity index (χ0n) is 11.0. The van der Waals surface area contributed by atoms with Crippen molar-refractivity contribution in [3.8, 4) is 0 Å². The zero-order chi connectivity index (χ0) is 13.9. The molecule has 0 saturated carbocycles. The first-order valence-electron chi connectivity index (χ1n) is 6.45. The molecule has 0 atom stereocenters. The molecule has 1 aliphatic heterocycles. The number of anilines is 1. The number of nitrogens with two attached hydrogens (primary N) is 2. The van der Waals surface area contributed by atoms with E-state index in [-0.39, 0.29) is 5.84 Å². The van der Waals surface area contributed by atoms with E-state index in [9.17, 15) is 0 Å². The summed E-state index contributed by atoms with van der Waals surface area (Å²) < 4.78 is 0. The molecule has 6 nitrogen and oxygen atoms in total. The molecule has 4 N–H and O–H groups in total. The fourth-order valence-corrected chi connectivity index (χ4v) is 2.39. The predicted molar refractivity (Wildman–Crippen MR) is 78.1 cm³/mol. The summed E-state index contributed by atoms with van der Waals surface area (Å²) in [6, 6.07) is 8.46. The number of hydrogen-bond donors (Lipinski definition) is 2. The molecule has 0 radical (unpaired) electrons. The Labute approximate surface area is 117 Å². The maximum atomic E-state index is 5.67. The van der Waals surface area contributed by atoms with Crippen molar-refractivity contribution in [2.45, 2.75) is 13.0 Å². The van der Waals surface area contributed by atoms with Gasteiger partial charge in [-0.2, -0.15) is 5.10 Å². The molecule has 20 heavy (non-hydrogen) atoms. The van der Waals surface area contributed by atoms with Crippen LogP contribution in [-0.4, -0.2) is 22.3 Å². The van der Waals surface area contributed by atoms with Crippen LogP contribution in [0.3, 0.4) is 0 Å². The monoisotopic (exact) mass is 268 g/mol. The smallest absolute Gasteiger partial charge is 0.170 e. The number of hydrazone groups is 1. The minimum atomic E-state index is 0.191. The van der Waals surface area contributed by atoms with Crippen LogP contribution in [0.15, 0.2) is 41.8 Å². The number of amidine groups is 1. The summed E-state index contributed by atoms with van der Waals surface area (Å²) >= 11 is 0. The Balaban J connectivity index is 1.88. The van der Waals surface area contributed by atoms with Crippen LogP contribution in [0, 0.1) is 0 Å². The highest BCUT2D eigenvalue weighted by Gasteiger charge is 2.17. The second-order valence-corrected chi connectivity index (χ2v) is 4.72. The fraction of sp³-hybridized carbons (Fsp3) is 0.214. The molecule has 1 aromatic heterocycles. The zero-order valence-corrected chi connectivity index (χ0v) is 11.0. The SMILES string of the molecule is N/N=C(/N)c1cncc(N2CCc3ccccc3C2)n1. The first-order valence-corrected chi connectivity index (χ1v) is 6.45. The van der Waals surface area contributed by atoms with Crippen LogP contribution >= 0.6 is 0 Å². The molecule has 2 heterocycles. The summed E-state index contributed by atoms with van der Waals surface area (Å²) in [4.78, 5) is 10.8. The fourth-order valence-electron chi connectivity index (χ4n) is 2.39. The van der Waals surface area contributed by atoms with Crippen molar-refractivity contribution in [3.05, 3.63) is 53.5 Å². The van der Waals surface area contributed by atoms with Crippen LogP contribution in [0.2, 0.25) is 0 Å². The average molecular weight is 268 g/mol. The largest absolute Gasteiger partial charge is 0.380 e. The van der Waals surface area contributed by atoms with E-state index in [2.05, 4.69) is 44.2 Å². The molecule has 0 aliphatic carbocycles. The topological polar surface area (TPSA) is 93.4 Å². The minimum Gasteiger partial charge on any atom is -0.380 e. The second kappa shape index (κ2) is 5.16. The molecule has 0 fully saturated rings. The Morgan fingerprint density at radius 2 is 2.00 bits per heavy atom. The highest BCUT2D eigenvalue weighted by atomic mass is 15.2. The Hall–Kier alpha value is -2.63. The Morgan fingerprint density at radius 3 is 2.80 bits per heavy atom. The van der Waals surface area contributed by atoms with Gasteiger partial charge < -0.3 is 16.5 Å². The molecule has 0 saturated heterocycles. The summed E-state index contributed by atoms with van der Waals surface area (Å²) in [6.45, 7) is 1.74. The summed E-state index contributed by atoms with van der Waals surface area (Å²) in [6.07, 6.45) is 4.30. The van der Waals surface area contributed by atoms with Gasteiger partial charge in [-0.15, -0.1) is 0 Å². The van der Waals surface area contributed by atoms with Gasteiger partial charge >= 0.3 is 0 Å².